The number of allylic oxidation sites excluding steroid dienone is 5. The Morgan fingerprint density at radius 3 is 2.02 bits per heavy atom. The van der Waals surface area contributed by atoms with Gasteiger partial charge in [-0.1, -0.05) is 101 Å². The molecular weight excluding hydrogens is 649 g/mol. The smallest absolute Gasteiger partial charge is 0.205 e. The summed E-state index contributed by atoms with van der Waals surface area (Å²) in [4.78, 5) is 2.16. The molecule has 0 bridgehead atoms. The van der Waals surface area contributed by atoms with Crippen LogP contribution in [0.5, 0.6) is 0 Å². The maximum atomic E-state index is 12.9. The molecule has 0 saturated carbocycles. The van der Waals surface area contributed by atoms with Gasteiger partial charge in [0.15, 0.2) is 0 Å². The third-order valence-corrected chi connectivity index (χ3v) is 10.3. The Hall–Kier alpha value is -4.52. The van der Waals surface area contributed by atoms with E-state index < -0.39 is 10.1 Å². The average molecular weight is 701 g/mol. The normalized spacial score (nSPS) is 15.0. The Kier molecular flexibility index (Phi) is 13.4. The molecule has 0 spiro atoms. The van der Waals surface area contributed by atoms with Crippen LogP contribution in [0.3, 0.4) is 0 Å². The lowest BCUT2D eigenvalue weighted by atomic mass is 9.82. The lowest BCUT2D eigenvalue weighted by Crippen LogP contribution is -2.19. The fraction of sp³-hybridized carbons (Fsp3) is 0.311. The van der Waals surface area contributed by atoms with Crippen LogP contribution in [0.25, 0.3) is 5.57 Å². The topological polar surface area (TPSA) is 63.5 Å². The summed E-state index contributed by atoms with van der Waals surface area (Å²) in [6, 6.07) is 34.2. The Labute approximate surface area is 306 Å². The van der Waals surface area contributed by atoms with E-state index in [1.54, 1.807) is 12.1 Å². The van der Waals surface area contributed by atoms with Gasteiger partial charge in [-0.25, -0.2) is 8.42 Å². The Morgan fingerprint density at radius 2 is 1.35 bits per heavy atom. The van der Waals surface area contributed by atoms with Crippen molar-refractivity contribution in [2.45, 2.75) is 84.0 Å². The molecule has 1 aliphatic carbocycles. The molecule has 0 aliphatic heterocycles. The summed E-state index contributed by atoms with van der Waals surface area (Å²) in [6.07, 6.45) is 14.2. The van der Waals surface area contributed by atoms with E-state index in [-0.39, 0.29) is 4.90 Å². The van der Waals surface area contributed by atoms with E-state index >= 15 is 0 Å². The second-order valence-corrected chi connectivity index (χ2v) is 14.5. The molecular formula is C45H52N2O3S. The predicted octanol–water partition coefficient (Wildman–Crippen LogP) is 11.2. The molecule has 0 atom stereocenters. The number of benzene rings is 4. The van der Waals surface area contributed by atoms with Gasteiger partial charge < -0.3 is 9.45 Å². The standard InChI is InChI=1S/C45H52N2O3S/c1-5-9-19-35-33-39(46(31-7-3)37-21-13-11-14-22-37)27-29-41(35)45(43-25-17-18-26-44(43)51(48,49)50)42-30-28-40(34-36(42)20-10-6-2)47(32-8-4)38-23-15-12-16-24-38/h11-18,21-30,33-34H,5-10,19-20,31-32H2,1-4H3. The number of anilines is 2. The van der Waals surface area contributed by atoms with Crippen LogP contribution in [0.4, 0.5) is 17.1 Å². The summed E-state index contributed by atoms with van der Waals surface area (Å²) in [5.41, 5.74) is 9.92. The molecule has 5 rings (SSSR count). The maximum Gasteiger partial charge on any atom is 0.205 e. The van der Waals surface area contributed by atoms with Crippen LogP contribution in [0, 0.1) is 0 Å². The van der Waals surface area contributed by atoms with Crippen LogP contribution >= 0.6 is 0 Å². The number of unbranched alkanes of at least 4 members (excludes halogenated alkanes) is 2. The fourth-order valence-electron chi connectivity index (χ4n) is 6.94. The minimum absolute atomic E-state index is 0.190. The minimum Gasteiger partial charge on any atom is -0.744 e. The number of para-hydroxylation sites is 2. The number of rotatable bonds is 16. The zero-order chi connectivity index (χ0) is 36.2. The van der Waals surface area contributed by atoms with E-state index in [0.29, 0.717) is 5.56 Å². The van der Waals surface area contributed by atoms with Crippen molar-refractivity contribution in [3.63, 3.8) is 0 Å². The van der Waals surface area contributed by atoms with Crippen molar-refractivity contribution in [3.8, 4) is 0 Å². The molecule has 0 amide bonds. The monoisotopic (exact) mass is 700 g/mol. The number of hydrogen-bond acceptors (Lipinski definition) is 4. The zero-order valence-corrected chi connectivity index (χ0v) is 31.5. The van der Waals surface area contributed by atoms with E-state index in [1.165, 1.54) is 6.07 Å². The van der Waals surface area contributed by atoms with Crippen molar-refractivity contribution >= 4 is 38.5 Å². The maximum absolute atomic E-state index is 12.9. The second kappa shape index (κ2) is 18.1. The highest BCUT2D eigenvalue weighted by Crippen LogP contribution is 2.41. The molecule has 0 saturated heterocycles. The lowest BCUT2D eigenvalue weighted by molar-refractivity contribution is -0.439. The molecule has 0 fully saturated rings. The van der Waals surface area contributed by atoms with Crippen molar-refractivity contribution in [1.29, 1.82) is 0 Å². The molecule has 0 N–H and O–H groups in total. The van der Waals surface area contributed by atoms with Crippen molar-refractivity contribution in [2.75, 3.05) is 18.0 Å². The van der Waals surface area contributed by atoms with E-state index in [4.69, 9.17) is 0 Å². The SMILES string of the molecule is CCCCC1=CC(=[N+](CCC)c2ccccc2)C=C/C1=C(\c1ccc(N(CCC)c2ccccc2)cc1CCCC)c1ccccc1S(=O)(=O)[O-]. The first-order valence-electron chi connectivity index (χ1n) is 18.6. The van der Waals surface area contributed by atoms with Crippen molar-refractivity contribution < 1.29 is 17.5 Å². The summed E-state index contributed by atoms with van der Waals surface area (Å²) in [5, 5.41) is 0. The van der Waals surface area contributed by atoms with Gasteiger partial charge in [0.25, 0.3) is 0 Å². The van der Waals surface area contributed by atoms with Gasteiger partial charge in [-0.3, -0.25) is 0 Å². The van der Waals surface area contributed by atoms with Gasteiger partial charge in [-0.05, 0) is 96.4 Å². The highest BCUT2D eigenvalue weighted by molar-refractivity contribution is 7.85. The average Bonchev–Trinajstić information content (AvgIpc) is 3.15. The van der Waals surface area contributed by atoms with Gasteiger partial charge in [0, 0.05) is 54.2 Å². The van der Waals surface area contributed by atoms with Crippen LogP contribution in [0.1, 0.15) is 89.3 Å². The van der Waals surface area contributed by atoms with E-state index in [0.717, 1.165) is 115 Å². The molecule has 1 aliphatic rings. The van der Waals surface area contributed by atoms with E-state index in [2.05, 4.69) is 122 Å². The molecule has 5 nitrogen and oxygen atoms in total. The first-order chi connectivity index (χ1) is 24.8. The van der Waals surface area contributed by atoms with E-state index in [1.807, 2.05) is 18.2 Å². The van der Waals surface area contributed by atoms with Crippen LogP contribution in [0.15, 0.2) is 137 Å². The highest BCUT2D eigenvalue weighted by atomic mass is 32.2. The molecule has 4 aromatic rings. The van der Waals surface area contributed by atoms with Gasteiger partial charge in [0.05, 0.1) is 4.90 Å². The summed E-state index contributed by atoms with van der Waals surface area (Å²) < 4.78 is 41.0. The number of aryl methyl sites for hydroxylation is 1. The van der Waals surface area contributed by atoms with E-state index in [9.17, 15) is 13.0 Å². The van der Waals surface area contributed by atoms with Gasteiger partial charge in [0.1, 0.15) is 16.7 Å². The van der Waals surface area contributed by atoms with Crippen LogP contribution in [-0.2, 0) is 16.5 Å². The van der Waals surface area contributed by atoms with Crippen LogP contribution in [-0.4, -0.2) is 36.3 Å². The minimum atomic E-state index is -4.77. The number of nitrogens with zero attached hydrogens (tertiary/aromatic N) is 2. The Bertz CT molecular complexity index is 2010. The van der Waals surface area contributed by atoms with Gasteiger partial charge in [-0.2, -0.15) is 4.58 Å². The van der Waals surface area contributed by atoms with Gasteiger partial charge >= 0.3 is 0 Å². The van der Waals surface area contributed by atoms with Crippen molar-refractivity contribution in [3.05, 3.63) is 149 Å². The molecule has 266 valence electrons. The second-order valence-electron chi connectivity index (χ2n) is 13.2. The molecule has 0 radical (unpaired) electrons. The molecule has 0 heterocycles. The summed E-state index contributed by atoms with van der Waals surface area (Å²) in [6.45, 7) is 10.5. The Balaban J connectivity index is 1.83. The zero-order valence-electron chi connectivity index (χ0n) is 30.6. The largest absolute Gasteiger partial charge is 0.744 e. The third kappa shape index (κ3) is 9.24. The van der Waals surface area contributed by atoms with Crippen LogP contribution in [0.2, 0.25) is 0 Å². The van der Waals surface area contributed by atoms with Crippen molar-refractivity contribution in [2.24, 2.45) is 0 Å². The predicted molar refractivity (Wildman–Crippen MR) is 212 cm³/mol. The van der Waals surface area contributed by atoms with Crippen molar-refractivity contribution in [1.82, 2.24) is 0 Å². The molecule has 0 aromatic heterocycles. The fourth-order valence-corrected chi connectivity index (χ4v) is 7.62. The third-order valence-electron chi connectivity index (χ3n) is 9.39. The summed E-state index contributed by atoms with van der Waals surface area (Å²) >= 11 is 0. The lowest BCUT2D eigenvalue weighted by Gasteiger charge is -2.28. The highest BCUT2D eigenvalue weighted by Gasteiger charge is 2.26. The van der Waals surface area contributed by atoms with Gasteiger partial charge in [-0.15, -0.1) is 0 Å². The molecule has 51 heavy (non-hydrogen) atoms. The van der Waals surface area contributed by atoms with Crippen LogP contribution < -0.4 is 4.90 Å². The Morgan fingerprint density at radius 1 is 0.686 bits per heavy atom. The molecule has 6 heteroatoms. The molecule has 4 aromatic carbocycles. The first kappa shape index (κ1) is 37.7. The first-order valence-corrected chi connectivity index (χ1v) is 20.0. The van der Waals surface area contributed by atoms with Gasteiger partial charge in [0.2, 0.25) is 11.4 Å². The summed E-state index contributed by atoms with van der Waals surface area (Å²) in [5.74, 6) is 0. The molecule has 0 unspecified atom stereocenters. The number of hydrogen-bond donors (Lipinski definition) is 0. The summed E-state index contributed by atoms with van der Waals surface area (Å²) in [7, 11) is -4.77. The quantitative estimate of drug-likeness (QED) is 0.0862.